The number of hydrogen-bond acceptors (Lipinski definition) is 4. The Morgan fingerprint density at radius 3 is 2.29 bits per heavy atom. The van der Waals surface area contributed by atoms with Gasteiger partial charge in [0.05, 0.1) is 7.11 Å². The SMILES string of the molecule is COc1ccc(C(NC(=O)Cn2cccn2)C(=O)Nc2ccc(S(C)(C)C)cc2)cc1. The second-order valence-corrected chi connectivity index (χ2v) is 12.0. The Hall–Kier alpha value is -3.26. The molecule has 0 aliphatic rings. The van der Waals surface area contributed by atoms with E-state index in [1.165, 1.54) is 9.58 Å². The van der Waals surface area contributed by atoms with Crippen molar-refractivity contribution in [3.05, 3.63) is 72.6 Å². The van der Waals surface area contributed by atoms with E-state index in [0.29, 0.717) is 17.0 Å². The number of nitrogens with zero attached hydrogens (tertiary/aromatic N) is 2. The van der Waals surface area contributed by atoms with E-state index in [9.17, 15) is 9.59 Å². The van der Waals surface area contributed by atoms with Gasteiger partial charge in [0.2, 0.25) is 5.91 Å². The molecule has 1 atom stereocenters. The van der Waals surface area contributed by atoms with E-state index in [1.807, 2.05) is 24.3 Å². The van der Waals surface area contributed by atoms with Gasteiger partial charge in [-0.2, -0.15) is 5.10 Å². The van der Waals surface area contributed by atoms with E-state index in [0.717, 1.165) is 0 Å². The molecule has 3 aromatic rings. The third-order valence-corrected chi connectivity index (χ3v) is 6.40. The van der Waals surface area contributed by atoms with Gasteiger partial charge in [-0.25, -0.2) is 10.0 Å². The van der Waals surface area contributed by atoms with E-state index in [2.05, 4.69) is 34.5 Å². The van der Waals surface area contributed by atoms with Gasteiger partial charge in [0.25, 0.3) is 5.91 Å². The van der Waals surface area contributed by atoms with Crippen LogP contribution in [0.25, 0.3) is 0 Å². The fourth-order valence-corrected chi connectivity index (χ4v) is 3.96. The summed E-state index contributed by atoms with van der Waals surface area (Å²) in [7, 11) is 0.733. The summed E-state index contributed by atoms with van der Waals surface area (Å²) in [5.41, 5.74) is 1.33. The number of anilines is 1. The molecule has 8 heteroatoms. The molecule has 0 radical (unpaired) electrons. The first-order valence-corrected chi connectivity index (χ1v) is 12.6. The molecule has 2 aromatic carbocycles. The van der Waals surface area contributed by atoms with Crippen LogP contribution >= 0.6 is 10.0 Å². The zero-order valence-corrected chi connectivity index (χ0v) is 19.0. The first kappa shape index (κ1) is 22.4. The molecule has 1 aromatic heterocycles. The lowest BCUT2D eigenvalue weighted by molar-refractivity contribution is -0.127. The summed E-state index contributed by atoms with van der Waals surface area (Å²) in [6.07, 6.45) is 9.95. The minimum Gasteiger partial charge on any atom is -0.497 e. The molecule has 1 unspecified atom stereocenters. The van der Waals surface area contributed by atoms with Crippen molar-refractivity contribution >= 4 is 27.5 Å². The number of rotatable bonds is 8. The minimum absolute atomic E-state index is 0.0238. The fraction of sp³-hybridized carbons (Fsp3) is 0.261. The van der Waals surface area contributed by atoms with Crippen LogP contribution in [0.3, 0.4) is 0 Å². The van der Waals surface area contributed by atoms with Gasteiger partial charge in [-0.3, -0.25) is 14.3 Å². The molecule has 0 saturated carbocycles. The molecule has 0 bridgehead atoms. The third-order valence-electron chi connectivity index (χ3n) is 4.71. The summed E-state index contributed by atoms with van der Waals surface area (Å²) >= 11 is 0. The van der Waals surface area contributed by atoms with Crippen LogP contribution < -0.4 is 15.4 Å². The number of benzene rings is 2. The highest BCUT2D eigenvalue weighted by Gasteiger charge is 2.23. The molecule has 0 aliphatic heterocycles. The Morgan fingerprint density at radius 2 is 1.74 bits per heavy atom. The number of carbonyl (C=O) groups excluding carboxylic acids is 2. The number of hydrogen-bond donors (Lipinski definition) is 2. The minimum atomic E-state index is -0.859. The van der Waals surface area contributed by atoms with Crippen molar-refractivity contribution < 1.29 is 14.3 Å². The maximum Gasteiger partial charge on any atom is 0.251 e. The molecule has 1 heterocycles. The first-order chi connectivity index (χ1) is 14.8. The quantitative estimate of drug-likeness (QED) is 0.562. The third kappa shape index (κ3) is 6.11. The smallest absolute Gasteiger partial charge is 0.251 e. The number of carbonyl (C=O) groups is 2. The van der Waals surface area contributed by atoms with E-state index in [4.69, 9.17) is 4.74 Å². The first-order valence-electron chi connectivity index (χ1n) is 9.76. The molecular formula is C23H28N4O3S. The van der Waals surface area contributed by atoms with Crippen molar-refractivity contribution in [2.75, 3.05) is 31.2 Å². The molecule has 0 fully saturated rings. The largest absolute Gasteiger partial charge is 0.497 e. The fourth-order valence-electron chi connectivity index (χ4n) is 3.01. The van der Waals surface area contributed by atoms with Gasteiger partial charge in [-0.1, -0.05) is 12.1 Å². The van der Waals surface area contributed by atoms with Crippen molar-refractivity contribution in [3.63, 3.8) is 0 Å². The summed E-state index contributed by atoms with van der Waals surface area (Å²) in [6, 6.07) is 15.8. The summed E-state index contributed by atoms with van der Waals surface area (Å²) in [4.78, 5) is 26.9. The molecule has 0 spiro atoms. The van der Waals surface area contributed by atoms with E-state index >= 15 is 0 Å². The van der Waals surface area contributed by atoms with Gasteiger partial charge in [0.1, 0.15) is 18.3 Å². The van der Waals surface area contributed by atoms with Crippen LogP contribution in [0.2, 0.25) is 0 Å². The molecular weight excluding hydrogens is 412 g/mol. The second-order valence-electron chi connectivity index (χ2n) is 7.83. The lowest BCUT2D eigenvalue weighted by atomic mass is 10.1. The Balaban J connectivity index is 1.78. The molecule has 31 heavy (non-hydrogen) atoms. The molecule has 7 nitrogen and oxygen atoms in total. The number of ether oxygens (including phenoxy) is 1. The van der Waals surface area contributed by atoms with Gasteiger partial charge >= 0.3 is 0 Å². The van der Waals surface area contributed by atoms with Crippen molar-refractivity contribution in [3.8, 4) is 5.75 Å². The van der Waals surface area contributed by atoms with Crippen LogP contribution in [0.5, 0.6) is 5.75 Å². The summed E-state index contributed by atoms with van der Waals surface area (Å²) < 4.78 is 6.70. The van der Waals surface area contributed by atoms with Gasteiger partial charge in [0, 0.05) is 18.1 Å². The summed E-state index contributed by atoms with van der Waals surface area (Å²) in [5.74, 6) is 0.0345. The normalized spacial score (nSPS) is 12.6. The molecule has 2 N–H and O–H groups in total. The van der Waals surface area contributed by atoms with Crippen LogP contribution in [0, 0.1) is 0 Å². The van der Waals surface area contributed by atoms with Crippen LogP contribution in [0.1, 0.15) is 11.6 Å². The van der Waals surface area contributed by atoms with Crippen molar-refractivity contribution in [1.29, 1.82) is 0 Å². The highest BCUT2D eigenvalue weighted by atomic mass is 32.3. The Bertz CT molecular complexity index is 1010. The average molecular weight is 441 g/mol. The summed E-state index contributed by atoms with van der Waals surface area (Å²) in [5, 5.41) is 9.77. The Kier molecular flexibility index (Phi) is 7.02. The lowest BCUT2D eigenvalue weighted by Crippen LogP contribution is -2.38. The number of amides is 2. The number of aromatic nitrogens is 2. The van der Waals surface area contributed by atoms with Gasteiger partial charge in [-0.15, -0.1) is 0 Å². The van der Waals surface area contributed by atoms with Gasteiger partial charge < -0.3 is 15.4 Å². The number of methoxy groups -OCH3 is 1. The van der Waals surface area contributed by atoms with Gasteiger partial charge in [0.15, 0.2) is 0 Å². The van der Waals surface area contributed by atoms with Crippen LogP contribution in [0.4, 0.5) is 5.69 Å². The summed E-state index contributed by atoms with van der Waals surface area (Å²) in [6.45, 7) is 0.0238. The average Bonchev–Trinajstić information content (AvgIpc) is 3.25. The maximum atomic E-state index is 13.1. The lowest BCUT2D eigenvalue weighted by Gasteiger charge is -2.26. The van der Waals surface area contributed by atoms with Crippen molar-refractivity contribution in [2.45, 2.75) is 17.5 Å². The second kappa shape index (κ2) is 9.70. The molecule has 3 rings (SSSR count). The van der Waals surface area contributed by atoms with Gasteiger partial charge in [-0.05, 0) is 71.7 Å². The van der Waals surface area contributed by atoms with Crippen molar-refractivity contribution in [1.82, 2.24) is 15.1 Å². The highest BCUT2D eigenvalue weighted by Crippen LogP contribution is 2.45. The molecule has 0 saturated heterocycles. The monoisotopic (exact) mass is 440 g/mol. The Labute approximate surface area is 184 Å². The topological polar surface area (TPSA) is 85.2 Å². The number of nitrogens with one attached hydrogen (secondary N) is 2. The van der Waals surface area contributed by atoms with E-state index in [1.54, 1.807) is 49.8 Å². The molecule has 0 aliphatic carbocycles. The van der Waals surface area contributed by atoms with E-state index in [-0.39, 0.29) is 18.4 Å². The molecule has 164 valence electrons. The van der Waals surface area contributed by atoms with Crippen molar-refractivity contribution in [2.24, 2.45) is 0 Å². The maximum absolute atomic E-state index is 13.1. The predicted molar refractivity (Wildman–Crippen MR) is 125 cm³/mol. The Morgan fingerprint density at radius 1 is 1.06 bits per heavy atom. The zero-order valence-electron chi connectivity index (χ0n) is 18.2. The predicted octanol–water partition coefficient (Wildman–Crippen LogP) is 3.44. The highest BCUT2D eigenvalue weighted by molar-refractivity contribution is 8.32. The van der Waals surface area contributed by atoms with Crippen LogP contribution in [-0.4, -0.2) is 47.5 Å². The zero-order chi connectivity index (χ0) is 22.4. The standard InChI is InChI=1S/C23H28N4O3S/c1-30-19-10-6-17(7-11-19)22(26-21(28)16-27-15-5-14-24-27)23(29)25-18-8-12-20(13-9-18)31(2,3)4/h5-15,22H,16H2,1-4H3,(H,25,29)(H,26,28). The van der Waals surface area contributed by atoms with E-state index < -0.39 is 16.1 Å². The van der Waals surface area contributed by atoms with Crippen LogP contribution in [0.15, 0.2) is 71.9 Å². The molecule has 2 amide bonds. The van der Waals surface area contributed by atoms with Crippen LogP contribution in [-0.2, 0) is 16.1 Å².